The van der Waals surface area contributed by atoms with Crippen LogP contribution in [0.3, 0.4) is 0 Å². The van der Waals surface area contributed by atoms with Crippen LogP contribution in [0.15, 0.2) is 54.6 Å². The summed E-state index contributed by atoms with van der Waals surface area (Å²) in [5, 5.41) is 7.17. The zero-order valence-electron chi connectivity index (χ0n) is 17.3. The maximum atomic E-state index is 13.4. The van der Waals surface area contributed by atoms with Crippen LogP contribution < -0.4 is 5.32 Å². The highest BCUT2D eigenvalue weighted by Crippen LogP contribution is 2.25. The molecule has 1 fully saturated rings. The number of aryl methyl sites for hydroxylation is 2. The van der Waals surface area contributed by atoms with Gasteiger partial charge in [0, 0.05) is 22.7 Å². The number of anilines is 1. The molecule has 3 aromatic rings. The second-order valence-electron chi connectivity index (χ2n) is 7.57. The number of benzene rings is 2. The highest BCUT2D eigenvalue weighted by atomic mass is 32.2. The van der Waals surface area contributed by atoms with E-state index in [-0.39, 0.29) is 11.8 Å². The van der Waals surface area contributed by atoms with E-state index in [4.69, 9.17) is 0 Å². The first-order valence-corrected chi connectivity index (χ1v) is 11.1. The molecule has 160 valence electrons. The van der Waals surface area contributed by atoms with E-state index >= 15 is 0 Å². The van der Waals surface area contributed by atoms with Crippen molar-refractivity contribution < 1.29 is 14.0 Å². The summed E-state index contributed by atoms with van der Waals surface area (Å²) in [5.74, 6) is 0.00969. The summed E-state index contributed by atoms with van der Waals surface area (Å²) in [6, 6.07) is 14.5. The first-order valence-electron chi connectivity index (χ1n) is 9.96. The van der Waals surface area contributed by atoms with Gasteiger partial charge in [-0.1, -0.05) is 18.2 Å². The Hall–Kier alpha value is -3.13. The molecular formula is C23H23FN4O2S. The monoisotopic (exact) mass is 438 g/mol. The molecule has 1 saturated heterocycles. The van der Waals surface area contributed by atoms with Crippen molar-refractivity contribution in [2.45, 2.75) is 26.4 Å². The molecule has 2 aromatic carbocycles. The van der Waals surface area contributed by atoms with Gasteiger partial charge in [-0.3, -0.25) is 14.3 Å². The standard InChI is InChI=1S/C23H23FN4O2S/c1-15-10-16(2)28(26-15)12-17-6-8-18(9-7-17)23(30)27-14-31-13-21(27)22(29)25-20-5-3-4-19(24)11-20/h3-11,21H,12-14H2,1-2H3,(H,25,29). The number of carbonyl (C=O) groups excluding carboxylic acids is 2. The van der Waals surface area contributed by atoms with E-state index in [9.17, 15) is 14.0 Å². The number of hydrogen-bond donors (Lipinski definition) is 1. The molecule has 1 atom stereocenters. The Bertz CT molecular complexity index is 1110. The largest absolute Gasteiger partial charge is 0.324 e. The lowest BCUT2D eigenvalue weighted by atomic mass is 10.1. The van der Waals surface area contributed by atoms with E-state index in [2.05, 4.69) is 10.4 Å². The van der Waals surface area contributed by atoms with Crippen LogP contribution in [-0.4, -0.2) is 44.2 Å². The third-order valence-corrected chi connectivity index (χ3v) is 6.19. The van der Waals surface area contributed by atoms with Crippen LogP contribution in [0.1, 0.15) is 27.3 Å². The highest BCUT2D eigenvalue weighted by molar-refractivity contribution is 7.99. The fraction of sp³-hybridized carbons (Fsp3) is 0.261. The third-order valence-electron chi connectivity index (χ3n) is 5.17. The van der Waals surface area contributed by atoms with Gasteiger partial charge in [-0.2, -0.15) is 5.10 Å². The minimum Gasteiger partial charge on any atom is -0.324 e. The molecule has 2 amide bonds. The quantitative estimate of drug-likeness (QED) is 0.657. The number of aromatic nitrogens is 2. The second kappa shape index (κ2) is 8.93. The van der Waals surface area contributed by atoms with Crippen LogP contribution in [0, 0.1) is 19.7 Å². The predicted octanol–water partition coefficient (Wildman–Crippen LogP) is 3.84. The third kappa shape index (κ3) is 4.80. The van der Waals surface area contributed by atoms with Crippen molar-refractivity contribution in [3.8, 4) is 0 Å². The Kier molecular flexibility index (Phi) is 6.08. The van der Waals surface area contributed by atoms with Crippen molar-refractivity contribution >= 4 is 29.3 Å². The number of nitrogens with one attached hydrogen (secondary N) is 1. The summed E-state index contributed by atoms with van der Waals surface area (Å²) < 4.78 is 15.3. The fourth-order valence-corrected chi connectivity index (χ4v) is 4.73. The van der Waals surface area contributed by atoms with E-state index in [0.29, 0.717) is 29.4 Å². The van der Waals surface area contributed by atoms with Crippen LogP contribution in [0.2, 0.25) is 0 Å². The van der Waals surface area contributed by atoms with Crippen molar-refractivity contribution in [2.75, 3.05) is 16.9 Å². The minimum atomic E-state index is -0.602. The number of amides is 2. The number of thioether (sulfide) groups is 1. The molecule has 0 radical (unpaired) electrons. The SMILES string of the molecule is Cc1cc(C)n(Cc2ccc(C(=O)N3CSCC3C(=O)Nc3cccc(F)c3)cc2)n1. The normalized spacial score (nSPS) is 15.8. The number of rotatable bonds is 5. The second-order valence-corrected chi connectivity index (χ2v) is 8.57. The van der Waals surface area contributed by atoms with Crippen molar-refractivity contribution in [2.24, 2.45) is 0 Å². The average Bonchev–Trinajstić information content (AvgIpc) is 3.34. The Balaban J connectivity index is 1.44. The van der Waals surface area contributed by atoms with Gasteiger partial charge in [0.15, 0.2) is 0 Å². The van der Waals surface area contributed by atoms with Crippen molar-refractivity contribution in [1.82, 2.24) is 14.7 Å². The number of nitrogens with zero attached hydrogens (tertiary/aromatic N) is 3. The lowest BCUT2D eigenvalue weighted by Gasteiger charge is -2.23. The van der Waals surface area contributed by atoms with Gasteiger partial charge in [0.1, 0.15) is 11.9 Å². The van der Waals surface area contributed by atoms with Gasteiger partial charge in [-0.15, -0.1) is 11.8 Å². The molecule has 1 unspecified atom stereocenters. The Morgan fingerprint density at radius 2 is 1.94 bits per heavy atom. The maximum Gasteiger partial charge on any atom is 0.255 e. The first-order chi connectivity index (χ1) is 14.9. The maximum absolute atomic E-state index is 13.4. The minimum absolute atomic E-state index is 0.193. The smallest absolute Gasteiger partial charge is 0.255 e. The van der Waals surface area contributed by atoms with E-state index in [1.54, 1.807) is 23.1 Å². The number of hydrogen-bond acceptors (Lipinski definition) is 4. The van der Waals surface area contributed by atoms with Crippen LogP contribution >= 0.6 is 11.8 Å². The van der Waals surface area contributed by atoms with Crippen molar-refractivity contribution in [1.29, 1.82) is 0 Å². The van der Waals surface area contributed by atoms with Gasteiger partial charge in [-0.05, 0) is 55.8 Å². The zero-order chi connectivity index (χ0) is 22.0. The van der Waals surface area contributed by atoms with Crippen molar-refractivity contribution in [3.63, 3.8) is 0 Å². The molecule has 1 aromatic heterocycles. The van der Waals surface area contributed by atoms with E-state index in [1.165, 1.54) is 30.0 Å². The number of halogens is 1. The lowest BCUT2D eigenvalue weighted by molar-refractivity contribution is -0.119. The average molecular weight is 439 g/mol. The number of carbonyl (C=O) groups is 2. The van der Waals surface area contributed by atoms with Gasteiger partial charge in [-0.25, -0.2) is 4.39 Å². The van der Waals surface area contributed by atoms with E-state index in [0.717, 1.165) is 17.0 Å². The molecule has 1 aliphatic rings. The summed E-state index contributed by atoms with van der Waals surface area (Å²) in [6.45, 7) is 4.60. The van der Waals surface area contributed by atoms with E-state index < -0.39 is 11.9 Å². The zero-order valence-corrected chi connectivity index (χ0v) is 18.2. The summed E-state index contributed by atoms with van der Waals surface area (Å²) in [7, 11) is 0. The van der Waals surface area contributed by atoms with Gasteiger partial charge < -0.3 is 10.2 Å². The van der Waals surface area contributed by atoms with Gasteiger partial charge in [0.25, 0.3) is 5.91 Å². The van der Waals surface area contributed by atoms with Gasteiger partial charge in [0.2, 0.25) is 5.91 Å². The first kappa shape index (κ1) is 21.1. The molecule has 2 heterocycles. The molecule has 0 spiro atoms. The molecule has 0 aliphatic carbocycles. The summed E-state index contributed by atoms with van der Waals surface area (Å²) in [4.78, 5) is 27.3. The predicted molar refractivity (Wildman–Crippen MR) is 120 cm³/mol. The summed E-state index contributed by atoms with van der Waals surface area (Å²) in [5.41, 5.74) is 4.00. The summed E-state index contributed by atoms with van der Waals surface area (Å²) in [6.07, 6.45) is 0. The Morgan fingerprint density at radius 1 is 1.16 bits per heavy atom. The summed E-state index contributed by atoms with van der Waals surface area (Å²) >= 11 is 1.52. The Labute approximate surface area is 184 Å². The molecule has 0 saturated carbocycles. The van der Waals surface area contributed by atoms with Crippen LogP contribution in [0.25, 0.3) is 0 Å². The Morgan fingerprint density at radius 3 is 2.61 bits per heavy atom. The molecule has 1 aliphatic heterocycles. The lowest BCUT2D eigenvalue weighted by Crippen LogP contribution is -2.44. The fourth-order valence-electron chi connectivity index (χ4n) is 3.58. The van der Waals surface area contributed by atoms with Crippen LogP contribution in [0.5, 0.6) is 0 Å². The van der Waals surface area contributed by atoms with Crippen LogP contribution in [-0.2, 0) is 11.3 Å². The van der Waals surface area contributed by atoms with Gasteiger partial charge >= 0.3 is 0 Å². The van der Waals surface area contributed by atoms with E-state index in [1.807, 2.05) is 36.7 Å². The molecule has 1 N–H and O–H groups in total. The van der Waals surface area contributed by atoms with Crippen molar-refractivity contribution in [3.05, 3.63) is 82.9 Å². The van der Waals surface area contributed by atoms with Crippen LogP contribution in [0.4, 0.5) is 10.1 Å². The molecule has 4 rings (SSSR count). The topological polar surface area (TPSA) is 67.2 Å². The van der Waals surface area contributed by atoms with Gasteiger partial charge in [0.05, 0.1) is 18.1 Å². The highest BCUT2D eigenvalue weighted by Gasteiger charge is 2.35. The molecule has 0 bridgehead atoms. The molecular weight excluding hydrogens is 415 g/mol. The molecule has 8 heteroatoms. The molecule has 6 nitrogen and oxygen atoms in total. The molecule has 31 heavy (non-hydrogen) atoms.